The molecular weight excluding hydrogens is 320 g/mol. The van der Waals surface area contributed by atoms with Crippen LogP contribution in [0.25, 0.3) is 0 Å². The maximum absolute atomic E-state index is 13.0. The van der Waals surface area contributed by atoms with Crippen LogP contribution in [0.2, 0.25) is 0 Å². The Morgan fingerprint density at radius 3 is 2.21 bits per heavy atom. The first-order valence-electron chi connectivity index (χ1n) is 8.08. The zero-order valence-corrected chi connectivity index (χ0v) is 14.8. The van der Waals surface area contributed by atoms with Crippen LogP contribution in [0.5, 0.6) is 0 Å². The second kappa shape index (κ2) is 8.06. The summed E-state index contributed by atoms with van der Waals surface area (Å²) >= 11 is 0. The van der Waals surface area contributed by atoms with E-state index in [0.717, 1.165) is 18.4 Å². The van der Waals surface area contributed by atoms with E-state index in [0.29, 0.717) is 12.0 Å². The van der Waals surface area contributed by atoms with Crippen LogP contribution in [0.15, 0.2) is 70.5 Å². The van der Waals surface area contributed by atoms with Gasteiger partial charge in [0.25, 0.3) is 0 Å². The standard InChI is InChI=1S/C20H22O3S/c1-3-4-6-11-19(20(21)17-9-7-5-8-10-17)24(22,23)18-14-12-16(2)13-15-18/h5,7-15H,3-4,6H2,1-2H3/b19-11+. The van der Waals surface area contributed by atoms with Gasteiger partial charge in [0.05, 0.1) is 4.90 Å². The maximum Gasteiger partial charge on any atom is 0.210 e. The van der Waals surface area contributed by atoms with Gasteiger partial charge in [-0.3, -0.25) is 4.79 Å². The molecule has 24 heavy (non-hydrogen) atoms. The lowest BCUT2D eigenvalue weighted by Gasteiger charge is -2.09. The van der Waals surface area contributed by atoms with Crippen LogP contribution in [0.3, 0.4) is 0 Å². The van der Waals surface area contributed by atoms with Crippen molar-refractivity contribution in [2.75, 3.05) is 0 Å². The largest absolute Gasteiger partial charge is 0.288 e. The first kappa shape index (κ1) is 18.1. The summed E-state index contributed by atoms with van der Waals surface area (Å²) in [5.41, 5.74) is 1.36. The van der Waals surface area contributed by atoms with Crippen LogP contribution in [0, 0.1) is 6.92 Å². The highest BCUT2D eigenvalue weighted by Crippen LogP contribution is 2.24. The number of aryl methyl sites for hydroxylation is 1. The monoisotopic (exact) mass is 342 g/mol. The Bertz CT molecular complexity index is 817. The van der Waals surface area contributed by atoms with Crippen molar-refractivity contribution in [3.8, 4) is 0 Å². The number of carbonyl (C=O) groups is 1. The summed E-state index contributed by atoms with van der Waals surface area (Å²) in [6.07, 6.45) is 3.91. The fourth-order valence-electron chi connectivity index (χ4n) is 2.34. The zero-order chi connectivity index (χ0) is 17.6. The van der Waals surface area contributed by atoms with E-state index >= 15 is 0 Å². The minimum atomic E-state index is -3.83. The van der Waals surface area contributed by atoms with Crippen molar-refractivity contribution < 1.29 is 13.2 Å². The van der Waals surface area contributed by atoms with Gasteiger partial charge < -0.3 is 0 Å². The predicted molar refractivity (Wildman–Crippen MR) is 96.7 cm³/mol. The first-order chi connectivity index (χ1) is 11.5. The van der Waals surface area contributed by atoms with E-state index in [1.807, 2.05) is 13.8 Å². The molecule has 0 aromatic heterocycles. The van der Waals surface area contributed by atoms with Crippen LogP contribution >= 0.6 is 0 Å². The summed E-state index contributed by atoms with van der Waals surface area (Å²) in [5, 5.41) is 0. The van der Waals surface area contributed by atoms with Crippen LogP contribution in [-0.4, -0.2) is 14.2 Å². The molecule has 0 N–H and O–H groups in total. The van der Waals surface area contributed by atoms with E-state index in [9.17, 15) is 13.2 Å². The van der Waals surface area contributed by atoms with Gasteiger partial charge in [-0.15, -0.1) is 0 Å². The van der Waals surface area contributed by atoms with Crippen molar-refractivity contribution in [1.29, 1.82) is 0 Å². The summed E-state index contributed by atoms with van der Waals surface area (Å²) in [5.74, 6) is -0.452. The van der Waals surface area contributed by atoms with Gasteiger partial charge in [0.15, 0.2) is 0 Å². The van der Waals surface area contributed by atoms with Gasteiger partial charge in [0.2, 0.25) is 15.6 Å². The molecule has 0 saturated heterocycles. The van der Waals surface area contributed by atoms with E-state index in [-0.39, 0.29) is 9.80 Å². The van der Waals surface area contributed by atoms with Crippen LogP contribution in [0.4, 0.5) is 0 Å². The van der Waals surface area contributed by atoms with E-state index in [1.165, 1.54) is 0 Å². The van der Waals surface area contributed by atoms with Crippen molar-refractivity contribution in [3.63, 3.8) is 0 Å². The summed E-state index contributed by atoms with van der Waals surface area (Å²) < 4.78 is 25.9. The van der Waals surface area contributed by atoms with Gasteiger partial charge >= 0.3 is 0 Å². The van der Waals surface area contributed by atoms with E-state index in [1.54, 1.807) is 60.7 Å². The van der Waals surface area contributed by atoms with Gasteiger partial charge in [0, 0.05) is 5.56 Å². The molecular formula is C20H22O3S. The molecule has 0 spiro atoms. The van der Waals surface area contributed by atoms with Crippen molar-refractivity contribution in [2.45, 2.75) is 38.0 Å². The molecule has 4 heteroatoms. The molecule has 2 aromatic rings. The minimum absolute atomic E-state index is 0.133. The Morgan fingerprint density at radius 2 is 1.62 bits per heavy atom. The summed E-state index contributed by atoms with van der Waals surface area (Å²) in [4.78, 5) is 12.8. The third-order valence-corrected chi connectivity index (χ3v) is 5.59. The molecule has 0 bridgehead atoms. The highest BCUT2D eigenvalue weighted by molar-refractivity contribution is 7.96. The minimum Gasteiger partial charge on any atom is -0.288 e. The number of allylic oxidation sites excluding steroid dienone is 2. The molecule has 0 unspecified atom stereocenters. The average molecular weight is 342 g/mol. The molecule has 3 nitrogen and oxygen atoms in total. The molecule has 0 fully saturated rings. The number of Topliss-reactive ketones (excluding diaryl/α,β-unsaturated/α-hetero) is 1. The second-order valence-electron chi connectivity index (χ2n) is 5.72. The molecule has 0 aliphatic carbocycles. The Kier molecular flexibility index (Phi) is 6.10. The number of rotatable bonds is 7. The number of carbonyl (C=O) groups excluding carboxylic acids is 1. The molecule has 126 valence electrons. The van der Waals surface area contributed by atoms with Crippen molar-refractivity contribution >= 4 is 15.6 Å². The van der Waals surface area contributed by atoms with Crippen molar-refractivity contribution in [1.82, 2.24) is 0 Å². The zero-order valence-electron chi connectivity index (χ0n) is 14.0. The number of benzene rings is 2. The lowest BCUT2D eigenvalue weighted by molar-refractivity contribution is 0.104. The Morgan fingerprint density at radius 1 is 1.00 bits per heavy atom. The fourth-order valence-corrected chi connectivity index (χ4v) is 3.79. The molecule has 2 rings (SSSR count). The quantitative estimate of drug-likeness (QED) is 0.415. The number of ketones is 1. The SMILES string of the molecule is CCCC/C=C(\C(=O)c1ccccc1)S(=O)(=O)c1ccc(C)cc1. The molecule has 0 aliphatic rings. The average Bonchev–Trinajstić information content (AvgIpc) is 2.59. The summed E-state index contributed by atoms with van der Waals surface area (Å²) in [6.45, 7) is 3.92. The Labute approximate surface area is 144 Å². The van der Waals surface area contributed by atoms with E-state index < -0.39 is 15.6 Å². The van der Waals surface area contributed by atoms with Gasteiger partial charge in [-0.2, -0.15) is 0 Å². The molecule has 0 heterocycles. The summed E-state index contributed by atoms with van der Waals surface area (Å²) in [6, 6.07) is 15.1. The third kappa shape index (κ3) is 4.20. The number of sulfone groups is 1. The van der Waals surface area contributed by atoms with Crippen molar-refractivity contribution in [3.05, 3.63) is 76.7 Å². The van der Waals surface area contributed by atoms with Gasteiger partial charge in [-0.1, -0.05) is 73.9 Å². The smallest absolute Gasteiger partial charge is 0.210 e. The number of hydrogen-bond acceptors (Lipinski definition) is 3. The molecule has 0 radical (unpaired) electrons. The third-order valence-electron chi connectivity index (χ3n) is 3.77. The van der Waals surface area contributed by atoms with Crippen LogP contribution in [0.1, 0.15) is 42.1 Å². The predicted octanol–water partition coefficient (Wildman–Crippen LogP) is 4.73. The lowest BCUT2D eigenvalue weighted by Crippen LogP contribution is -2.14. The topological polar surface area (TPSA) is 51.2 Å². The van der Waals surface area contributed by atoms with E-state index in [2.05, 4.69) is 0 Å². The van der Waals surface area contributed by atoms with Crippen LogP contribution in [-0.2, 0) is 9.84 Å². The highest BCUT2D eigenvalue weighted by atomic mass is 32.2. The second-order valence-corrected chi connectivity index (χ2v) is 7.64. The fraction of sp³-hybridized carbons (Fsp3) is 0.250. The van der Waals surface area contributed by atoms with Crippen LogP contribution < -0.4 is 0 Å². The van der Waals surface area contributed by atoms with Gasteiger partial charge in [0.1, 0.15) is 4.91 Å². The van der Waals surface area contributed by atoms with E-state index in [4.69, 9.17) is 0 Å². The van der Waals surface area contributed by atoms with Gasteiger partial charge in [-0.25, -0.2) is 8.42 Å². The maximum atomic E-state index is 13.0. The molecule has 0 saturated carbocycles. The molecule has 0 amide bonds. The molecule has 0 atom stereocenters. The number of unbranched alkanes of at least 4 members (excludes halogenated alkanes) is 2. The van der Waals surface area contributed by atoms with Crippen molar-refractivity contribution in [2.24, 2.45) is 0 Å². The number of hydrogen-bond donors (Lipinski definition) is 0. The first-order valence-corrected chi connectivity index (χ1v) is 9.56. The molecule has 0 aliphatic heterocycles. The molecule has 2 aromatic carbocycles. The van der Waals surface area contributed by atoms with Gasteiger partial charge in [-0.05, 0) is 25.5 Å². The Hall–Kier alpha value is -2.20. The Balaban J connectivity index is 2.48. The highest BCUT2D eigenvalue weighted by Gasteiger charge is 2.27. The normalized spacial score (nSPS) is 12.2. The summed E-state index contributed by atoms with van der Waals surface area (Å²) in [7, 11) is -3.83. The lowest BCUT2D eigenvalue weighted by atomic mass is 10.1.